The molecule has 0 aliphatic rings. The molecule has 1 aromatic heterocycles. The minimum atomic E-state index is -0.940. The second kappa shape index (κ2) is 5.26. The maximum Gasteiger partial charge on any atom is 0.336 e. The van der Waals surface area contributed by atoms with Gasteiger partial charge in [-0.2, -0.15) is 0 Å². The van der Waals surface area contributed by atoms with Crippen LogP contribution in [0, 0.1) is 0 Å². The Kier molecular flexibility index (Phi) is 3.69. The van der Waals surface area contributed by atoms with E-state index in [2.05, 4.69) is 11.9 Å². The van der Waals surface area contributed by atoms with Gasteiger partial charge in [0.2, 0.25) is 0 Å². The second-order valence-electron chi connectivity index (χ2n) is 4.59. The first kappa shape index (κ1) is 13.3. The lowest BCUT2D eigenvalue weighted by atomic mass is 10.00. The van der Waals surface area contributed by atoms with Gasteiger partial charge < -0.3 is 9.84 Å². The van der Waals surface area contributed by atoms with Crippen LogP contribution < -0.4 is 4.74 Å². The van der Waals surface area contributed by atoms with E-state index < -0.39 is 5.97 Å². The zero-order chi connectivity index (χ0) is 14.0. The van der Waals surface area contributed by atoms with E-state index in [1.165, 1.54) is 0 Å². The first-order valence-corrected chi connectivity index (χ1v) is 6.28. The van der Waals surface area contributed by atoms with Crippen LogP contribution >= 0.6 is 0 Å². The lowest BCUT2D eigenvalue weighted by molar-refractivity contribution is 0.0699. The number of carbonyl (C=O) groups is 1. The number of benzene rings is 1. The van der Waals surface area contributed by atoms with E-state index in [0.717, 1.165) is 12.1 Å². The molecule has 0 spiro atoms. The van der Waals surface area contributed by atoms with E-state index in [1.54, 1.807) is 31.4 Å². The van der Waals surface area contributed by atoms with Crippen LogP contribution in [0.15, 0.2) is 24.3 Å². The molecular weight excluding hydrogens is 242 g/mol. The van der Waals surface area contributed by atoms with Crippen molar-refractivity contribution in [1.29, 1.82) is 0 Å². The van der Waals surface area contributed by atoms with Gasteiger partial charge in [-0.05, 0) is 36.6 Å². The molecule has 0 aliphatic heterocycles. The minimum Gasteiger partial charge on any atom is -0.497 e. The molecule has 0 bridgehead atoms. The fraction of sp³-hybridized carbons (Fsp3) is 0.333. The van der Waals surface area contributed by atoms with Gasteiger partial charge in [0, 0.05) is 11.1 Å². The molecule has 2 rings (SSSR count). The standard InChI is InChI=1S/C15H17NO3/c1-4-9(2)14-8-12(15(17)18)11-7-10(19-3)5-6-13(11)16-14/h5-9H,4H2,1-3H3,(H,17,18). The fourth-order valence-electron chi connectivity index (χ4n) is 1.99. The molecule has 1 unspecified atom stereocenters. The summed E-state index contributed by atoms with van der Waals surface area (Å²) in [5.74, 6) is -0.0668. The summed E-state index contributed by atoms with van der Waals surface area (Å²) in [5.41, 5.74) is 1.78. The SMILES string of the molecule is CCC(C)c1cc(C(=O)O)c2cc(OC)ccc2n1. The van der Waals surface area contributed by atoms with E-state index in [1.807, 2.05) is 6.92 Å². The van der Waals surface area contributed by atoms with Crippen molar-refractivity contribution >= 4 is 16.9 Å². The number of hydrogen-bond acceptors (Lipinski definition) is 3. The Balaban J connectivity index is 2.71. The van der Waals surface area contributed by atoms with Gasteiger partial charge in [0.1, 0.15) is 5.75 Å². The molecule has 1 aromatic carbocycles. The van der Waals surface area contributed by atoms with Gasteiger partial charge >= 0.3 is 5.97 Å². The van der Waals surface area contributed by atoms with Crippen molar-refractivity contribution in [3.8, 4) is 5.75 Å². The van der Waals surface area contributed by atoms with Crippen LogP contribution in [-0.2, 0) is 0 Å². The molecule has 1 heterocycles. The summed E-state index contributed by atoms with van der Waals surface area (Å²) in [7, 11) is 1.56. The number of rotatable bonds is 4. The van der Waals surface area contributed by atoms with Crippen LogP contribution in [-0.4, -0.2) is 23.2 Å². The van der Waals surface area contributed by atoms with Crippen molar-refractivity contribution in [3.63, 3.8) is 0 Å². The average Bonchev–Trinajstić information content (AvgIpc) is 2.44. The molecular formula is C15H17NO3. The smallest absolute Gasteiger partial charge is 0.336 e. The van der Waals surface area contributed by atoms with Gasteiger partial charge in [0.15, 0.2) is 0 Å². The molecule has 0 saturated carbocycles. The Morgan fingerprint density at radius 1 is 1.42 bits per heavy atom. The first-order chi connectivity index (χ1) is 9.06. The Labute approximate surface area is 112 Å². The van der Waals surface area contributed by atoms with Crippen molar-refractivity contribution in [2.45, 2.75) is 26.2 Å². The number of fused-ring (bicyclic) bond motifs is 1. The maximum absolute atomic E-state index is 11.4. The highest BCUT2D eigenvalue weighted by Gasteiger charge is 2.15. The van der Waals surface area contributed by atoms with Crippen molar-refractivity contribution in [2.75, 3.05) is 7.11 Å². The number of nitrogens with zero attached hydrogens (tertiary/aromatic N) is 1. The summed E-state index contributed by atoms with van der Waals surface area (Å²) in [5, 5.41) is 9.97. The molecule has 0 saturated heterocycles. The highest BCUT2D eigenvalue weighted by Crippen LogP contribution is 2.27. The molecule has 0 radical (unpaired) electrons. The number of carboxylic acid groups (broad SMARTS) is 1. The van der Waals surface area contributed by atoms with Gasteiger partial charge in [-0.3, -0.25) is 4.98 Å². The monoisotopic (exact) mass is 259 g/mol. The summed E-state index contributed by atoms with van der Waals surface area (Å²) in [4.78, 5) is 16.0. The number of hydrogen-bond donors (Lipinski definition) is 1. The Morgan fingerprint density at radius 3 is 2.74 bits per heavy atom. The van der Waals surface area contributed by atoms with Crippen molar-refractivity contribution < 1.29 is 14.6 Å². The van der Waals surface area contributed by atoms with E-state index >= 15 is 0 Å². The van der Waals surface area contributed by atoms with Crippen LogP contribution in [0.2, 0.25) is 0 Å². The largest absolute Gasteiger partial charge is 0.497 e. The molecule has 1 atom stereocenters. The maximum atomic E-state index is 11.4. The summed E-state index contributed by atoms with van der Waals surface area (Å²) in [6, 6.07) is 6.97. The van der Waals surface area contributed by atoms with E-state index in [-0.39, 0.29) is 11.5 Å². The summed E-state index contributed by atoms with van der Waals surface area (Å²) >= 11 is 0. The average molecular weight is 259 g/mol. The zero-order valence-electron chi connectivity index (χ0n) is 11.3. The van der Waals surface area contributed by atoms with Gasteiger partial charge in [-0.25, -0.2) is 4.79 Å². The summed E-state index contributed by atoms with van der Waals surface area (Å²) in [6.07, 6.45) is 0.924. The molecule has 4 nitrogen and oxygen atoms in total. The van der Waals surface area contributed by atoms with Gasteiger partial charge in [0.25, 0.3) is 0 Å². The molecule has 4 heteroatoms. The Morgan fingerprint density at radius 2 is 2.16 bits per heavy atom. The molecule has 0 aliphatic carbocycles. The van der Waals surface area contributed by atoms with Crippen LogP contribution in [0.1, 0.15) is 42.2 Å². The minimum absolute atomic E-state index is 0.240. The number of carboxylic acids is 1. The predicted octanol–water partition coefficient (Wildman–Crippen LogP) is 3.46. The topological polar surface area (TPSA) is 59.4 Å². The number of aromatic carboxylic acids is 1. The molecule has 100 valence electrons. The van der Waals surface area contributed by atoms with Crippen LogP contribution in [0.3, 0.4) is 0 Å². The van der Waals surface area contributed by atoms with Crippen molar-refractivity contribution in [1.82, 2.24) is 4.98 Å². The zero-order valence-corrected chi connectivity index (χ0v) is 11.3. The van der Waals surface area contributed by atoms with Crippen molar-refractivity contribution in [2.24, 2.45) is 0 Å². The lowest BCUT2D eigenvalue weighted by Gasteiger charge is -2.12. The molecule has 1 N–H and O–H groups in total. The molecule has 0 fully saturated rings. The van der Waals surface area contributed by atoms with Gasteiger partial charge in [-0.1, -0.05) is 13.8 Å². The van der Waals surface area contributed by atoms with E-state index in [4.69, 9.17) is 4.74 Å². The van der Waals surface area contributed by atoms with E-state index in [9.17, 15) is 9.90 Å². The van der Waals surface area contributed by atoms with Gasteiger partial charge in [-0.15, -0.1) is 0 Å². The van der Waals surface area contributed by atoms with E-state index in [0.29, 0.717) is 16.7 Å². The third-order valence-electron chi connectivity index (χ3n) is 3.38. The molecule has 2 aromatic rings. The van der Waals surface area contributed by atoms with Crippen molar-refractivity contribution in [3.05, 3.63) is 35.5 Å². The summed E-state index contributed by atoms with van der Waals surface area (Å²) < 4.78 is 5.14. The fourth-order valence-corrected chi connectivity index (χ4v) is 1.99. The second-order valence-corrected chi connectivity index (χ2v) is 4.59. The highest BCUT2D eigenvalue weighted by atomic mass is 16.5. The van der Waals surface area contributed by atoms with Crippen LogP contribution in [0.4, 0.5) is 0 Å². The van der Waals surface area contributed by atoms with Crippen LogP contribution in [0.5, 0.6) is 5.75 Å². The lowest BCUT2D eigenvalue weighted by Crippen LogP contribution is -2.04. The quantitative estimate of drug-likeness (QED) is 0.913. The third-order valence-corrected chi connectivity index (χ3v) is 3.38. The number of aromatic nitrogens is 1. The molecule has 0 amide bonds. The number of pyridine rings is 1. The number of ether oxygens (including phenoxy) is 1. The third kappa shape index (κ3) is 2.52. The van der Waals surface area contributed by atoms with Gasteiger partial charge in [0.05, 0.1) is 18.2 Å². The highest BCUT2D eigenvalue weighted by molar-refractivity contribution is 6.03. The normalized spacial score (nSPS) is 12.4. The molecule has 19 heavy (non-hydrogen) atoms. The Hall–Kier alpha value is -2.10. The Bertz CT molecular complexity index is 622. The summed E-state index contributed by atoms with van der Waals surface area (Å²) in [6.45, 7) is 4.11. The van der Waals surface area contributed by atoms with Crippen LogP contribution in [0.25, 0.3) is 10.9 Å². The number of methoxy groups -OCH3 is 1. The first-order valence-electron chi connectivity index (χ1n) is 6.28. The predicted molar refractivity (Wildman–Crippen MR) is 74.0 cm³/mol.